The molecule has 0 heterocycles. The molecule has 150 valence electrons. The van der Waals surface area contributed by atoms with Gasteiger partial charge in [0.1, 0.15) is 5.75 Å². The van der Waals surface area contributed by atoms with Gasteiger partial charge in [-0.05, 0) is 73.1 Å². The zero-order valence-corrected chi connectivity index (χ0v) is 16.0. The van der Waals surface area contributed by atoms with Gasteiger partial charge in [-0.2, -0.15) is 8.78 Å². The van der Waals surface area contributed by atoms with E-state index < -0.39 is 22.5 Å². The number of rotatable bonds is 7. The number of ether oxygens (including phenoxy) is 1. The van der Waals surface area contributed by atoms with Crippen molar-refractivity contribution >= 4 is 15.9 Å². The van der Waals surface area contributed by atoms with Gasteiger partial charge in [0.05, 0.1) is 4.90 Å². The molecule has 1 aliphatic rings. The van der Waals surface area contributed by atoms with Gasteiger partial charge in [0.25, 0.3) is 10.0 Å². The molecule has 0 atom stereocenters. The second-order valence-electron chi connectivity index (χ2n) is 6.69. The highest BCUT2D eigenvalue weighted by Crippen LogP contribution is 2.24. The van der Waals surface area contributed by atoms with Crippen molar-refractivity contribution in [1.82, 2.24) is 4.72 Å². The summed E-state index contributed by atoms with van der Waals surface area (Å²) in [6.45, 7) is -2.90. The van der Waals surface area contributed by atoms with Crippen LogP contribution in [0.5, 0.6) is 5.75 Å². The third-order valence-corrected chi connectivity index (χ3v) is 6.04. The normalized spacial score (nSPS) is 13.8. The van der Waals surface area contributed by atoms with Crippen LogP contribution < -0.4 is 9.46 Å². The maximum atomic E-state index is 12.5. The molecule has 2 aromatic rings. The molecule has 28 heavy (non-hydrogen) atoms. The molecule has 0 radical (unpaired) electrons. The molecule has 1 amide bonds. The number of fused-ring (bicyclic) bond motifs is 1. The van der Waals surface area contributed by atoms with Crippen molar-refractivity contribution < 1.29 is 26.7 Å². The fraction of sp³-hybridized carbons (Fsp3) is 0.350. The second-order valence-corrected chi connectivity index (χ2v) is 8.37. The standard InChI is InChI=1S/C20H21F2NO4S/c21-20(22)27-17-9-5-14(6-10-17)7-12-19(24)23-28(25,26)18-11-8-15-3-1-2-4-16(15)13-18/h5-6,8-11,13,20H,1-4,7,12H2,(H,23,24). The summed E-state index contributed by atoms with van der Waals surface area (Å²) in [6, 6.07) is 10.9. The van der Waals surface area contributed by atoms with Gasteiger partial charge in [0.15, 0.2) is 0 Å². The molecule has 3 rings (SSSR count). The quantitative estimate of drug-likeness (QED) is 0.758. The van der Waals surface area contributed by atoms with Crippen LogP contribution in [0.25, 0.3) is 0 Å². The molecule has 0 fully saturated rings. The highest BCUT2D eigenvalue weighted by molar-refractivity contribution is 7.90. The lowest BCUT2D eigenvalue weighted by Gasteiger charge is -2.16. The van der Waals surface area contributed by atoms with Crippen molar-refractivity contribution in [3.8, 4) is 5.75 Å². The molecule has 0 saturated heterocycles. The lowest BCUT2D eigenvalue weighted by Crippen LogP contribution is -2.30. The zero-order valence-electron chi connectivity index (χ0n) is 15.2. The summed E-state index contributed by atoms with van der Waals surface area (Å²) in [5, 5.41) is 0. The summed E-state index contributed by atoms with van der Waals surface area (Å²) in [5.74, 6) is -0.594. The van der Waals surface area contributed by atoms with Gasteiger partial charge in [-0.3, -0.25) is 4.79 Å². The first kappa shape index (κ1) is 20.3. The SMILES string of the molecule is O=C(CCc1ccc(OC(F)F)cc1)NS(=O)(=O)c1ccc2c(c1)CCCC2. The van der Waals surface area contributed by atoms with E-state index in [1.165, 1.54) is 18.2 Å². The predicted octanol–water partition coefficient (Wildman–Crippen LogP) is 3.60. The summed E-state index contributed by atoms with van der Waals surface area (Å²) in [7, 11) is -3.92. The molecule has 0 aromatic heterocycles. The second kappa shape index (κ2) is 8.68. The van der Waals surface area contributed by atoms with Crippen LogP contribution in [0.2, 0.25) is 0 Å². The van der Waals surface area contributed by atoms with Gasteiger partial charge < -0.3 is 4.74 Å². The average molecular weight is 409 g/mol. The van der Waals surface area contributed by atoms with E-state index in [0.29, 0.717) is 5.56 Å². The molecule has 0 bridgehead atoms. The van der Waals surface area contributed by atoms with Crippen molar-refractivity contribution in [2.75, 3.05) is 0 Å². The molecule has 0 spiro atoms. The molecular weight excluding hydrogens is 388 g/mol. The van der Waals surface area contributed by atoms with E-state index in [9.17, 15) is 22.0 Å². The number of halogens is 2. The van der Waals surface area contributed by atoms with Crippen LogP contribution in [0.4, 0.5) is 8.78 Å². The van der Waals surface area contributed by atoms with Crippen LogP contribution in [0.1, 0.15) is 36.0 Å². The molecule has 1 aliphatic carbocycles. The molecule has 1 N–H and O–H groups in total. The van der Waals surface area contributed by atoms with Crippen LogP contribution in [0.3, 0.4) is 0 Å². The summed E-state index contributed by atoms with van der Waals surface area (Å²) in [6.07, 6.45) is 4.16. The molecule has 0 aliphatic heterocycles. The Balaban J connectivity index is 1.58. The Kier molecular flexibility index (Phi) is 6.28. The van der Waals surface area contributed by atoms with E-state index in [1.54, 1.807) is 18.2 Å². The summed E-state index contributed by atoms with van der Waals surface area (Å²) < 4.78 is 55.6. The van der Waals surface area contributed by atoms with Crippen LogP contribution >= 0.6 is 0 Å². The minimum absolute atomic E-state index is 0.0261. The molecule has 8 heteroatoms. The fourth-order valence-corrected chi connectivity index (χ4v) is 4.30. The Morgan fingerprint density at radius 1 is 1.04 bits per heavy atom. The third kappa shape index (κ3) is 5.28. The zero-order chi connectivity index (χ0) is 20.1. The van der Waals surface area contributed by atoms with E-state index in [1.807, 2.05) is 6.07 Å². The number of carbonyl (C=O) groups excluding carboxylic acids is 1. The Bertz CT molecular complexity index is 943. The van der Waals surface area contributed by atoms with Crippen LogP contribution in [-0.2, 0) is 34.1 Å². The van der Waals surface area contributed by atoms with Gasteiger partial charge in [-0.15, -0.1) is 0 Å². The number of sulfonamides is 1. The highest BCUT2D eigenvalue weighted by Gasteiger charge is 2.20. The van der Waals surface area contributed by atoms with Gasteiger partial charge in [-0.1, -0.05) is 18.2 Å². The third-order valence-electron chi connectivity index (χ3n) is 4.67. The predicted molar refractivity (Wildman–Crippen MR) is 99.8 cm³/mol. The number of nitrogens with one attached hydrogen (secondary N) is 1. The van der Waals surface area contributed by atoms with Crippen LogP contribution in [-0.4, -0.2) is 20.9 Å². The number of alkyl halides is 2. The van der Waals surface area contributed by atoms with E-state index in [2.05, 4.69) is 9.46 Å². The number of carbonyl (C=O) groups is 1. The van der Waals surface area contributed by atoms with Crippen molar-refractivity contribution in [1.29, 1.82) is 0 Å². The van der Waals surface area contributed by atoms with Gasteiger partial charge in [-0.25, -0.2) is 13.1 Å². The van der Waals surface area contributed by atoms with E-state index in [-0.39, 0.29) is 23.5 Å². The van der Waals surface area contributed by atoms with Crippen molar-refractivity contribution in [2.45, 2.75) is 50.0 Å². The number of hydrogen-bond donors (Lipinski definition) is 1. The first-order chi connectivity index (χ1) is 13.3. The lowest BCUT2D eigenvalue weighted by atomic mass is 9.92. The molecular formula is C20H21F2NO4S. The van der Waals surface area contributed by atoms with Crippen molar-refractivity contribution in [3.05, 3.63) is 59.2 Å². The maximum Gasteiger partial charge on any atom is 0.387 e. The minimum Gasteiger partial charge on any atom is -0.435 e. The smallest absolute Gasteiger partial charge is 0.387 e. The summed E-state index contributed by atoms with van der Waals surface area (Å²) in [5.41, 5.74) is 2.89. The Morgan fingerprint density at radius 3 is 2.39 bits per heavy atom. The Labute approximate surface area is 162 Å². The van der Waals surface area contributed by atoms with Crippen LogP contribution in [0.15, 0.2) is 47.4 Å². The first-order valence-electron chi connectivity index (χ1n) is 9.05. The average Bonchev–Trinajstić information content (AvgIpc) is 2.66. The molecule has 2 aromatic carbocycles. The fourth-order valence-electron chi connectivity index (χ4n) is 3.23. The van der Waals surface area contributed by atoms with Gasteiger partial charge in [0, 0.05) is 6.42 Å². The first-order valence-corrected chi connectivity index (χ1v) is 10.5. The number of hydrogen-bond acceptors (Lipinski definition) is 4. The Hall–Kier alpha value is -2.48. The maximum absolute atomic E-state index is 12.5. The van der Waals surface area contributed by atoms with Crippen molar-refractivity contribution in [2.24, 2.45) is 0 Å². The lowest BCUT2D eigenvalue weighted by molar-refractivity contribution is -0.119. The highest BCUT2D eigenvalue weighted by atomic mass is 32.2. The molecule has 0 unspecified atom stereocenters. The molecule has 0 saturated carbocycles. The monoisotopic (exact) mass is 409 g/mol. The molecule has 5 nitrogen and oxygen atoms in total. The van der Waals surface area contributed by atoms with E-state index >= 15 is 0 Å². The summed E-state index contributed by atoms with van der Waals surface area (Å²) >= 11 is 0. The largest absolute Gasteiger partial charge is 0.435 e. The number of aryl methyl sites for hydroxylation is 3. The number of benzene rings is 2. The van der Waals surface area contributed by atoms with Crippen molar-refractivity contribution in [3.63, 3.8) is 0 Å². The van der Waals surface area contributed by atoms with Crippen LogP contribution in [0, 0.1) is 0 Å². The minimum atomic E-state index is -3.92. The van der Waals surface area contributed by atoms with E-state index in [0.717, 1.165) is 36.8 Å². The van der Waals surface area contributed by atoms with Gasteiger partial charge >= 0.3 is 6.61 Å². The topological polar surface area (TPSA) is 72.5 Å². The van der Waals surface area contributed by atoms with Gasteiger partial charge in [0.2, 0.25) is 5.91 Å². The number of amides is 1. The van der Waals surface area contributed by atoms with E-state index in [4.69, 9.17) is 0 Å². The Morgan fingerprint density at radius 2 is 1.71 bits per heavy atom. The summed E-state index contributed by atoms with van der Waals surface area (Å²) in [4.78, 5) is 12.2.